The summed E-state index contributed by atoms with van der Waals surface area (Å²) < 4.78 is 2.12. The zero-order valence-electron chi connectivity index (χ0n) is 10.4. The molecule has 3 heteroatoms. The minimum absolute atomic E-state index is 0.130. The van der Waals surface area contributed by atoms with Crippen molar-refractivity contribution >= 4 is 31.9 Å². The third-order valence-electron chi connectivity index (χ3n) is 2.98. The Morgan fingerprint density at radius 3 is 1.56 bits per heavy atom. The van der Waals surface area contributed by atoms with Crippen LogP contribution in [-0.4, -0.2) is 0 Å². The first kappa shape index (κ1) is 13.8. The summed E-state index contributed by atoms with van der Waals surface area (Å²) in [6, 6.07) is 12.4. The molecule has 0 aliphatic heterocycles. The van der Waals surface area contributed by atoms with Crippen molar-refractivity contribution < 1.29 is 0 Å². The second-order valence-corrected chi connectivity index (χ2v) is 6.24. The van der Waals surface area contributed by atoms with Crippen LogP contribution >= 0.6 is 31.9 Å². The largest absolute Gasteiger partial charge is 0.320 e. The molecule has 0 fully saturated rings. The van der Waals surface area contributed by atoms with Gasteiger partial charge in [-0.1, -0.05) is 56.1 Å². The fourth-order valence-electron chi connectivity index (χ4n) is 1.94. The van der Waals surface area contributed by atoms with E-state index in [-0.39, 0.29) is 6.04 Å². The van der Waals surface area contributed by atoms with Gasteiger partial charge >= 0.3 is 0 Å². The number of rotatable bonds is 2. The van der Waals surface area contributed by atoms with Gasteiger partial charge in [0, 0.05) is 8.95 Å². The van der Waals surface area contributed by atoms with E-state index in [1.165, 1.54) is 11.1 Å². The molecule has 18 heavy (non-hydrogen) atoms. The molecule has 2 aromatic carbocycles. The van der Waals surface area contributed by atoms with Gasteiger partial charge in [-0.05, 0) is 48.2 Å². The first-order valence-electron chi connectivity index (χ1n) is 5.76. The van der Waals surface area contributed by atoms with E-state index in [1.807, 2.05) is 0 Å². The molecule has 1 nitrogen and oxygen atoms in total. The molecule has 0 heterocycles. The molecule has 0 aromatic heterocycles. The van der Waals surface area contributed by atoms with E-state index in [9.17, 15) is 0 Å². The molecule has 0 amide bonds. The van der Waals surface area contributed by atoms with E-state index >= 15 is 0 Å². The van der Waals surface area contributed by atoms with Crippen molar-refractivity contribution in [3.05, 3.63) is 67.6 Å². The van der Waals surface area contributed by atoms with Crippen molar-refractivity contribution in [1.82, 2.24) is 0 Å². The molecule has 0 saturated heterocycles. The fraction of sp³-hybridized carbons (Fsp3) is 0.200. The summed E-state index contributed by atoms with van der Waals surface area (Å²) in [6.07, 6.45) is 0. The molecule has 0 aliphatic carbocycles. The Kier molecular flexibility index (Phi) is 4.25. The standard InChI is InChI=1S/C15H15Br2N/c1-9-3-5-11(13(16)7-9)15(18)12-6-4-10(2)8-14(12)17/h3-8,15H,18H2,1-2H3. The van der Waals surface area contributed by atoms with Crippen LogP contribution in [0.15, 0.2) is 45.3 Å². The van der Waals surface area contributed by atoms with E-state index in [1.54, 1.807) is 0 Å². The van der Waals surface area contributed by atoms with Crippen molar-refractivity contribution in [2.24, 2.45) is 5.73 Å². The SMILES string of the molecule is Cc1ccc(C(N)c2ccc(C)cc2Br)c(Br)c1. The van der Waals surface area contributed by atoms with Crippen LogP contribution in [0.25, 0.3) is 0 Å². The van der Waals surface area contributed by atoms with Crippen LogP contribution in [0, 0.1) is 13.8 Å². The molecule has 0 atom stereocenters. The molecule has 0 spiro atoms. The van der Waals surface area contributed by atoms with Crippen molar-refractivity contribution in [3.8, 4) is 0 Å². The Bertz CT molecular complexity index is 527. The van der Waals surface area contributed by atoms with E-state index in [2.05, 4.69) is 82.1 Å². The summed E-state index contributed by atoms with van der Waals surface area (Å²) in [4.78, 5) is 0. The molecule has 2 aromatic rings. The third kappa shape index (κ3) is 2.85. The minimum atomic E-state index is -0.130. The van der Waals surface area contributed by atoms with Gasteiger partial charge in [-0.2, -0.15) is 0 Å². The number of halogens is 2. The predicted molar refractivity (Wildman–Crippen MR) is 83.8 cm³/mol. The summed E-state index contributed by atoms with van der Waals surface area (Å²) in [5.41, 5.74) is 11.0. The number of nitrogens with two attached hydrogens (primary N) is 1. The summed E-state index contributed by atoms with van der Waals surface area (Å²) in [6.45, 7) is 4.14. The summed E-state index contributed by atoms with van der Waals surface area (Å²) in [5, 5.41) is 0. The average Bonchev–Trinajstić information content (AvgIpc) is 2.28. The summed E-state index contributed by atoms with van der Waals surface area (Å²) >= 11 is 7.18. The van der Waals surface area contributed by atoms with Crippen molar-refractivity contribution in [2.45, 2.75) is 19.9 Å². The van der Waals surface area contributed by atoms with Crippen LogP contribution in [0.1, 0.15) is 28.3 Å². The van der Waals surface area contributed by atoms with Crippen LogP contribution in [0.5, 0.6) is 0 Å². The highest BCUT2D eigenvalue weighted by atomic mass is 79.9. The maximum Gasteiger partial charge on any atom is 0.0574 e. The van der Waals surface area contributed by atoms with Crippen molar-refractivity contribution in [2.75, 3.05) is 0 Å². The monoisotopic (exact) mass is 367 g/mol. The maximum absolute atomic E-state index is 6.36. The molecule has 94 valence electrons. The topological polar surface area (TPSA) is 26.0 Å². The van der Waals surface area contributed by atoms with Gasteiger partial charge in [-0.3, -0.25) is 0 Å². The Labute approximate surface area is 125 Å². The van der Waals surface area contributed by atoms with Gasteiger partial charge in [0.05, 0.1) is 6.04 Å². The number of benzene rings is 2. The minimum Gasteiger partial charge on any atom is -0.320 e. The highest BCUT2D eigenvalue weighted by Gasteiger charge is 2.14. The quantitative estimate of drug-likeness (QED) is 0.803. The van der Waals surface area contributed by atoms with Gasteiger partial charge in [0.1, 0.15) is 0 Å². The molecule has 2 N–H and O–H groups in total. The van der Waals surface area contributed by atoms with Crippen LogP contribution in [0.3, 0.4) is 0 Å². The van der Waals surface area contributed by atoms with Gasteiger partial charge in [0.25, 0.3) is 0 Å². The molecule has 0 saturated carbocycles. The normalized spacial score (nSPS) is 11.0. The maximum atomic E-state index is 6.36. The first-order valence-corrected chi connectivity index (χ1v) is 7.35. The van der Waals surface area contributed by atoms with E-state index in [0.29, 0.717) is 0 Å². The molecular weight excluding hydrogens is 354 g/mol. The number of hydrogen-bond acceptors (Lipinski definition) is 1. The van der Waals surface area contributed by atoms with Gasteiger partial charge in [-0.25, -0.2) is 0 Å². The fourth-order valence-corrected chi connectivity index (χ4v) is 3.42. The molecule has 0 aliphatic rings. The van der Waals surface area contributed by atoms with Crippen LogP contribution in [-0.2, 0) is 0 Å². The zero-order chi connectivity index (χ0) is 13.3. The lowest BCUT2D eigenvalue weighted by Gasteiger charge is -2.17. The molecular formula is C15H15Br2N. The Balaban J connectivity index is 2.44. The predicted octanol–water partition coefficient (Wildman–Crippen LogP) is 4.88. The van der Waals surface area contributed by atoms with Gasteiger partial charge < -0.3 is 5.73 Å². The summed E-state index contributed by atoms with van der Waals surface area (Å²) in [7, 11) is 0. The smallest absolute Gasteiger partial charge is 0.0574 e. The Morgan fingerprint density at radius 2 is 1.22 bits per heavy atom. The lowest BCUT2D eigenvalue weighted by Crippen LogP contribution is -2.13. The first-order chi connectivity index (χ1) is 8.49. The lowest BCUT2D eigenvalue weighted by molar-refractivity contribution is 0.859. The van der Waals surface area contributed by atoms with E-state index in [0.717, 1.165) is 20.1 Å². The molecule has 0 unspecified atom stereocenters. The summed E-state index contributed by atoms with van der Waals surface area (Å²) in [5.74, 6) is 0. The van der Waals surface area contributed by atoms with Crippen LogP contribution in [0.2, 0.25) is 0 Å². The van der Waals surface area contributed by atoms with Crippen molar-refractivity contribution in [3.63, 3.8) is 0 Å². The second-order valence-electron chi connectivity index (χ2n) is 4.53. The second kappa shape index (κ2) is 5.55. The number of aryl methyl sites for hydroxylation is 2. The number of hydrogen-bond donors (Lipinski definition) is 1. The van der Waals surface area contributed by atoms with Crippen LogP contribution in [0.4, 0.5) is 0 Å². The lowest BCUT2D eigenvalue weighted by atomic mass is 9.98. The van der Waals surface area contributed by atoms with Crippen molar-refractivity contribution in [1.29, 1.82) is 0 Å². The molecule has 0 bridgehead atoms. The van der Waals surface area contributed by atoms with Gasteiger partial charge in [0.2, 0.25) is 0 Å². The average molecular weight is 369 g/mol. The van der Waals surface area contributed by atoms with E-state index in [4.69, 9.17) is 5.73 Å². The zero-order valence-corrected chi connectivity index (χ0v) is 13.5. The molecule has 0 radical (unpaired) electrons. The highest BCUT2D eigenvalue weighted by molar-refractivity contribution is 9.10. The Hall–Kier alpha value is -0.640. The highest BCUT2D eigenvalue weighted by Crippen LogP contribution is 2.31. The Morgan fingerprint density at radius 1 is 0.833 bits per heavy atom. The van der Waals surface area contributed by atoms with Gasteiger partial charge in [0.15, 0.2) is 0 Å². The molecule has 2 rings (SSSR count). The van der Waals surface area contributed by atoms with Gasteiger partial charge in [-0.15, -0.1) is 0 Å². The van der Waals surface area contributed by atoms with Crippen LogP contribution < -0.4 is 5.73 Å². The van der Waals surface area contributed by atoms with E-state index < -0.39 is 0 Å². The third-order valence-corrected chi connectivity index (χ3v) is 4.36.